The summed E-state index contributed by atoms with van der Waals surface area (Å²) in [5, 5.41) is 0.822. The van der Waals surface area contributed by atoms with Crippen LogP contribution in [0.5, 0.6) is 0 Å². The third kappa shape index (κ3) is 3.89. The van der Waals surface area contributed by atoms with E-state index in [1.807, 2.05) is 0 Å². The van der Waals surface area contributed by atoms with Crippen LogP contribution >= 0.6 is 46.4 Å². The third-order valence-corrected chi connectivity index (χ3v) is 3.61. The molecule has 0 unspecified atom stereocenters. The molecule has 7 heteroatoms. The summed E-state index contributed by atoms with van der Waals surface area (Å²) in [6, 6.07) is 8.49. The van der Waals surface area contributed by atoms with E-state index in [2.05, 4.69) is 0 Å². The molecule has 0 aromatic heterocycles. The number of ether oxygens (including phenoxy) is 1. The molecule has 0 atom stereocenters. The molecule has 2 aromatic carbocycles. The van der Waals surface area contributed by atoms with Crippen LogP contribution in [-0.2, 0) is 4.74 Å². The molecule has 0 saturated heterocycles. The van der Waals surface area contributed by atoms with E-state index in [1.165, 1.54) is 36.4 Å². The zero-order valence-corrected chi connectivity index (χ0v) is 13.2. The van der Waals surface area contributed by atoms with Crippen molar-refractivity contribution in [2.75, 3.05) is 0 Å². The molecule has 0 heterocycles. The molecular formula is C14H6Cl4O3. The van der Waals surface area contributed by atoms with Crippen LogP contribution in [0, 0.1) is 0 Å². The van der Waals surface area contributed by atoms with Gasteiger partial charge in [-0.2, -0.15) is 0 Å². The van der Waals surface area contributed by atoms with Gasteiger partial charge in [-0.3, -0.25) is 0 Å². The summed E-state index contributed by atoms with van der Waals surface area (Å²) in [5.41, 5.74) is -0.0358. The Balaban J connectivity index is 2.25. The van der Waals surface area contributed by atoms with Crippen molar-refractivity contribution in [2.24, 2.45) is 0 Å². The van der Waals surface area contributed by atoms with E-state index in [9.17, 15) is 9.59 Å². The predicted molar refractivity (Wildman–Crippen MR) is 82.7 cm³/mol. The van der Waals surface area contributed by atoms with Crippen molar-refractivity contribution in [3.05, 3.63) is 67.6 Å². The maximum Gasteiger partial charge on any atom is 0.347 e. The summed E-state index contributed by atoms with van der Waals surface area (Å²) in [7, 11) is 0. The first kappa shape index (κ1) is 16.1. The molecule has 0 amide bonds. The quantitative estimate of drug-likeness (QED) is 0.537. The normalized spacial score (nSPS) is 10.3. The molecule has 0 radical (unpaired) electrons. The highest BCUT2D eigenvalue weighted by molar-refractivity contribution is 6.37. The first-order valence-electron chi connectivity index (χ1n) is 5.55. The highest BCUT2D eigenvalue weighted by atomic mass is 35.5. The van der Waals surface area contributed by atoms with Crippen LogP contribution in [0.2, 0.25) is 20.1 Å². The predicted octanol–water partition coefficient (Wildman–Crippen LogP) is 5.30. The van der Waals surface area contributed by atoms with Crippen LogP contribution in [0.25, 0.3) is 0 Å². The zero-order valence-electron chi connectivity index (χ0n) is 10.2. The van der Waals surface area contributed by atoms with Crippen molar-refractivity contribution in [1.82, 2.24) is 0 Å². The molecule has 0 N–H and O–H groups in total. The highest BCUT2D eigenvalue weighted by Crippen LogP contribution is 2.24. The van der Waals surface area contributed by atoms with E-state index >= 15 is 0 Å². The second-order valence-corrected chi connectivity index (χ2v) is 5.61. The number of rotatable bonds is 2. The fourth-order valence-corrected chi connectivity index (χ4v) is 2.24. The number of hydrogen-bond donors (Lipinski definition) is 0. The fraction of sp³-hybridized carbons (Fsp3) is 0. The largest absolute Gasteiger partial charge is 0.386 e. The molecular weight excluding hydrogens is 358 g/mol. The van der Waals surface area contributed by atoms with Gasteiger partial charge in [0, 0.05) is 10.0 Å². The second-order valence-electron chi connectivity index (χ2n) is 3.93. The van der Waals surface area contributed by atoms with E-state index in [1.54, 1.807) is 0 Å². The Morgan fingerprint density at radius 1 is 0.714 bits per heavy atom. The van der Waals surface area contributed by atoms with Gasteiger partial charge in [-0.15, -0.1) is 0 Å². The van der Waals surface area contributed by atoms with Crippen molar-refractivity contribution in [3.63, 3.8) is 0 Å². The summed E-state index contributed by atoms with van der Waals surface area (Å²) in [4.78, 5) is 23.9. The van der Waals surface area contributed by atoms with E-state index < -0.39 is 11.9 Å². The summed E-state index contributed by atoms with van der Waals surface area (Å²) in [6.45, 7) is 0. The molecule has 108 valence electrons. The lowest BCUT2D eigenvalue weighted by molar-refractivity contribution is 0.0398. The first-order chi connectivity index (χ1) is 9.88. The smallest absolute Gasteiger partial charge is 0.347 e. The molecule has 0 aliphatic heterocycles. The van der Waals surface area contributed by atoms with Gasteiger partial charge in [0.2, 0.25) is 0 Å². The van der Waals surface area contributed by atoms with Gasteiger partial charge in [0.1, 0.15) is 0 Å². The van der Waals surface area contributed by atoms with Gasteiger partial charge in [-0.05, 0) is 36.4 Å². The van der Waals surface area contributed by atoms with Crippen molar-refractivity contribution in [2.45, 2.75) is 0 Å². The van der Waals surface area contributed by atoms with Gasteiger partial charge < -0.3 is 4.74 Å². The maximum atomic E-state index is 11.9. The lowest BCUT2D eigenvalue weighted by atomic mass is 10.2. The average Bonchev–Trinajstić information content (AvgIpc) is 2.43. The van der Waals surface area contributed by atoms with Crippen LogP contribution in [-0.4, -0.2) is 11.9 Å². The molecule has 2 aromatic rings. The Morgan fingerprint density at radius 3 is 1.48 bits per heavy atom. The second kappa shape index (κ2) is 6.67. The Hall–Kier alpha value is -1.26. The van der Waals surface area contributed by atoms with Gasteiger partial charge in [0.25, 0.3) is 0 Å². The highest BCUT2D eigenvalue weighted by Gasteiger charge is 2.20. The lowest BCUT2D eigenvalue weighted by Gasteiger charge is -2.06. The minimum Gasteiger partial charge on any atom is -0.386 e. The van der Waals surface area contributed by atoms with Crippen LogP contribution in [0.15, 0.2) is 36.4 Å². The molecule has 0 aliphatic carbocycles. The Morgan fingerprint density at radius 2 is 1.10 bits per heavy atom. The molecule has 0 spiro atoms. The van der Waals surface area contributed by atoms with Gasteiger partial charge in [-0.25, -0.2) is 9.59 Å². The van der Waals surface area contributed by atoms with Gasteiger partial charge >= 0.3 is 11.9 Å². The number of benzene rings is 2. The number of esters is 2. The van der Waals surface area contributed by atoms with E-state index in [4.69, 9.17) is 51.1 Å². The topological polar surface area (TPSA) is 43.4 Å². The molecule has 0 saturated carbocycles. The third-order valence-electron chi connectivity index (χ3n) is 2.48. The van der Waals surface area contributed by atoms with Crippen molar-refractivity contribution >= 4 is 58.3 Å². The maximum absolute atomic E-state index is 11.9. The van der Waals surface area contributed by atoms with Crippen LogP contribution in [0.1, 0.15) is 20.7 Å². The van der Waals surface area contributed by atoms with Crippen LogP contribution in [0.3, 0.4) is 0 Å². The molecule has 2 rings (SSSR count). The van der Waals surface area contributed by atoms with Gasteiger partial charge in [0.05, 0.1) is 21.2 Å². The number of halogens is 4. The molecule has 21 heavy (non-hydrogen) atoms. The zero-order chi connectivity index (χ0) is 15.6. The van der Waals surface area contributed by atoms with Crippen LogP contribution < -0.4 is 0 Å². The van der Waals surface area contributed by atoms with E-state index in [-0.39, 0.29) is 21.2 Å². The number of hydrogen-bond acceptors (Lipinski definition) is 3. The Labute approximate surface area is 140 Å². The first-order valence-corrected chi connectivity index (χ1v) is 7.06. The molecule has 0 bridgehead atoms. The standard InChI is InChI=1S/C14H6Cl4O3/c15-7-1-3-11(17)9(5-7)13(19)21-14(20)10-6-8(16)2-4-12(10)18/h1-6H. The number of carbonyl (C=O) groups is 2. The summed E-state index contributed by atoms with van der Waals surface area (Å²) in [5.74, 6) is -1.85. The lowest BCUT2D eigenvalue weighted by Crippen LogP contribution is -2.13. The summed E-state index contributed by atoms with van der Waals surface area (Å²) < 4.78 is 4.73. The van der Waals surface area contributed by atoms with Gasteiger partial charge in [-0.1, -0.05) is 46.4 Å². The van der Waals surface area contributed by atoms with Crippen molar-refractivity contribution in [3.8, 4) is 0 Å². The fourth-order valence-electron chi connectivity index (χ4n) is 1.50. The van der Waals surface area contributed by atoms with Crippen molar-refractivity contribution in [1.29, 1.82) is 0 Å². The average molecular weight is 364 g/mol. The Bertz CT molecular complexity index is 667. The van der Waals surface area contributed by atoms with Gasteiger partial charge in [0.15, 0.2) is 0 Å². The minimum atomic E-state index is -0.927. The molecule has 0 aliphatic rings. The van der Waals surface area contributed by atoms with Crippen molar-refractivity contribution < 1.29 is 14.3 Å². The molecule has 3 nitrogen and oxygen atoms in total. The Kier molecular flexibility index (Phi) is 5.12. The van der Waals surface area contributed by atoms with E-state index in [0.717, 1.165) is 0 Å². The summed E-state index contributed by atoms with van der Waals surface area (Å²) in [6.07, 6.45) is 0. The monoisotopic (exact) mass is 362 g/mol. The summed E-state index contributed by atoms with van der Waals surface area (Å²) >= 11 is 23.3. The minimum absolute atomic E-state index is 0.0179. The van der Waals surface area contributed by atoms with E-state index in [0.29, 0.717) is 10.0 Å². The molecule has 0 fully saturated rings. The SMILES string of the molecule is O=C(OC(=O)c1cc(Cl)ccc1Cl)c1cc(Cl)ccc1Cl. The van der Waals surface area contributed by atoms with Crippen LogP contribution in [0.4, 0.5) is 0 Å². The number of carbonyl (C=O) groups excluding carboxylic acids is 2.